The predicted molar refractivity (Wildman–Crippen MR) is 54.5 cm³/mol. The van der Waals surface area contributed by atoms with Gasteiger partial charge in [0.15, 0.2) is 0 Å². The molecular formula is C12H20O. The third-order valence-corrected chi connectivity index (χ3v) is 3.12. The summed E-state index contributed by atoms with van der Waals surface area (Å²) in [6.45, 7) is 0. The Morgan fingerprint density at radius 3 is 2.54 bits per heavy atom. The molecule has 0 saturated heterocycles. The Balaban J connectivity index is 1.78. The van der Waals surface area contributed by atoms with Crippen LogP contribution in [0.5, 0.6) is 0 Å². The van der Waals surface area contributed by atoms with Crippen molar-refractivity contribution in [2.24, 2.45) is 0 Å². The molecule has 1 nitrogen and oxygen atoms in total. The van der Waals surface area contributed by atoms with Crippen molar-refractivity contribution >= 4 is 0 Å². The largest absolute Gasteiger partial charge is 0.495 e. The molecule has 0 heterocycles. The van der Waals surface area contributed by atoms with Gasteiger partial charge >= 0.3 is 0 Å². The summed E-state index contributed by atoms with van der Waals surface area (Å²) in [5.74, 6) is 1.29. The summed E-state index contributed by atoms with van der Waals surface area (Å²) in [4.78, 5) is 0. The minimum absolute atomic E-state index is 0.554. The summed E-state index contributed by atoms with van der Waals surface area (Å²) in [7, 11) is 0. The smallest absolute Gasteiger partial charge is 0.0982 e. The van der Waals surface area contributed by atoms with Gasteiger partial charge in [-0.3, -0.25) is 0 Å². The number of allylic oxidation sites excluding steroid dienone is 2. The van der Waals surface area contributed by atoms with E-state index in [2.05, 4.69) is 6.08 Å². The molecule has 0 aromatic heterocycles. The summed E-state index contributed by atoms with van der Waals surface area (Å²) in [5, 5.41) is 0. The van der Waals surface area contributed by atoms with Crippen molar-refractivity contribution in [3.8, 4) is 0 Å². The molecule has 0 spiro atoms. The van der Waals surface area contributed by atoms with E-state index in [0.717, 1.165) is 0 Å². The normalized spacial score (nSPS) is 25.4. The van der Waals surface area contributed by atoms with Gasteiger partial charge in [-0.25, -0.2) is 0 Å². The first kappa shape index (κ1) is 9.11. The maximum Gasteiger partial charge on any atom is 0.0982 e. The highest BCUT2D eigenvalue weighted by Crippen LogP contribution is 2.26. The monoisotopic (exact) mass is 180 g/mol. The van der Waals surface area contributed by atoms with Gasteiger partial charge < -0.3 is 4.74 Å². The second-order valence-electron chi connectivity index (χ2n) is 4.29. The zero-order valence-corrected chi connectivity index (χ0v) is 8.43. The van der Waals surface area contributed by atoms with E-state index in [4.69, 9.17) is 4.74 Å². The molecule has 2 aliphatic carbocycles. The molecule has 0 aromatic carbocycles. The Morgan fingerprint density at radius 2 is 1.85 bits per heavy atom. The molecule has 1 saturated carbocycles. The molecule has 0 unspecified atom stereocenters. The Bertz CT molecular complexity index is 178. The topological polar surface area (TPSA) is 9.23 Å². The van der Waals surface area contributed by atoms with Crippen LogP contribution in [0, 0.1) is 0 Å². The Morgan fingerprint density at radius 1 is 1.00 bits per heavy atom. The SMILES string of the molecule is C1=C(OC2CCCCC2)CCCC1. The molecule has 13 heavy (non-hydrogen) atoms. The number of hydrogen-bond acceptors (Lipinski definition) is 1. The molecule has 1 heteroatoms. The van der Waals surface area contributed by atoms with Crippen LogP contribution < -0.4 is 0 Å². The van der Waals surface area contributed by atoms with Crippen molar-refractivity contribution in [3.63, 3.8) is 0 Å². The van der Waals surface area contributed by atoms with Crippen LogP contribution in [0.15, 0.2) is 11.8 Å². The molecule has 0 aromatic rings. The van der Waals surface area contributed by atoms with E-state index >= 15 is 0 Å². The zero-order chi connectivity index (χ0) is 8.93. The summed E-state index contributed by atoms with van der Waals surface area (Å²) in [5.41, 5.74) is 0. The predicted octanol–water partition coefficient (Wildman–Crippen LogP) is 3.79. The fraction of sp³-hybridized carbons (Fsp3) is 0.833. The third kappa shape index (κ3) is 2.75. The molecule has 0 N–H and O–H groups in total. The average molecular weight is 180 g/mol. The van der Waals surface area contributed by atoms with Gasteiger partial charge in [0.05, 0.1) is 11.9 Å². The van der Waals surface area contributed by atoms with Crippen LogP contribution in [0.25, 0.3) is 0 Å². The fourth-order valence-electron chi connectivity index (χ4n) is 2.31. The molecule has 0 radical (unpaired) electrons. The lowest BCUT2D eigenvalue weighted by atomic mass is 9.97. The molecule has 1 fully saturated rings. The standard InChI is InChI=1S/C12H20O/c1-3-7-11(8-4-1)13-12-9-5-2-6-10-12/h7,12H,1-6,8-10H2. The Kier molecular flexibility index (Phi) is 3.28. The van der Waals surface area contributed by atoms with E-state index in [1.807, 2.05) is 0 Å². The van der Waals surface area contributed by atoms with Gasteiger partial charge in [-0.05, 0) is 51.0 Å². The quantitative estimate of drug-likeness (QED) is 0.628. The van der Waals surface area contributed by atoms with E-state index in [1.54, 1.807) is 0 Å². The lowest BCUT2D eigenvalue weighted by Gasteiger charge is -2.25. The van der Waals surface area contributed by atoms with E-state index in [9.17, 15) is 0 Å². The number of rotatable bonds is 2. The van der Waals surface area contributed by atoms with Gasteiger partial charge in [0.1, 0.15) is 0 Å². The van der Waals surface area contributed by atoms with Crippen LogP contribution in [0.2, 0.25) is 0 Å². The van der Waals surface area contributed by atoms with E-state index in [1.165, 1.54) is 63.5 Å². The van der Waals surface area contributed by atoms with Crippen LogP contribution in [-0.4, -0.2) is 6.10 Å². The number of hydrogen-bond donors (Lipinski definition) is 0. The lowest BCUT2D eigenvalue weighted by Crippen LogP contribution is -2.16. The van der Waals surface area contributed by atoms with Crippen LogP contribution in [0.3, 0.4) is 0 Å². The first-order chi connectivity index (χ1) is 6.45. The molecule has 0 amide bonds. The lowest BCUT2D eigenvalue weighted by molar-refractivity contribution is 0.0739. The molecule has 0 bridgehead atoms. The second-order valence-corrected chi connectivity index (χ2v) is 4.29. The summed E-state index contributed by atoms with van der Waals surface area (Å²) < 4.78 is 5.99. The maximum absolute atomic E-state index is 5.99. The Labute approximate surface area is 81.2 Å². The summed E-state index contributed by atoms with van der Waals surface area (Å²) in [6, 6.07) is 0. The van der Waals surface area contributed by atoms with Crippen LogP contribution in [-0.2, 0) is 4.74 Å². The molecular weight excluding hydrogens is 160 g/mol. The summed E-state index contributed by atoms with van der Waals surface area (Å²) >= 11 is 0. The third-order valence-electron chi connectivity index (χ3n) is 3.12. The van der Waals surface area contributed by atoms with Gasteiger partial charge in [0.2, 0.25) is 0 Å². The van der Waals surface area contributed by atoms with Crippen molar-refractivity contribution in [3.05, 3.63) is 11.8 Å². The van der Waals surface area contributed by atoms with E-state index in [0.29, 0.717) is 6.10 Å². The summed E-state index contributed by atoms with van der Waals surface area (Å²) in [6.07, 6.45) is 14.7. The maximum atomic E-state index is 5.99. The van der Waals surface area contributed by atoms with Gasteiger partial charge in [0.25, 0.3) is 0 Å². The van der Waals surface area contributed by atoms with Crippen molar-refractivity contribution in [1.82, 2.24) is 0 Å². The van der Waals surface area contributed by atoms with Gasteiger partial charge in [-0.1, -0.05) is 6.42 Å². The van der Waals surface area contributed by atoms with Gasteiger partial charge in [0, 0.05) is 6.42 Å². The van der Waals surface area contributed by atoms with Crippen molar-refractivity contribution in [2.75, 3.05) is 0 Å². The highest BCUT2D eigenvalue weighted by molar-refractivity contribution is 4.97. The van der Waals surface area contributed by atoms with Crippen molar-refractivity contribution < 1.29 is 4.74 Å². The molecule has 74 valence electrons. The molecule has 0 atom stereocenters. The highest BCUT2D eigenvalue weighted by atomic mass is 16.5. The average Bonchev–Trinajstić information content (AvgIpc) is 2.21. The molecule has 2 rings (SSSR count). The zero-order valence-electron chi connectivity index (χ0n) is 8.43. The van der Waals surface area contributed by atoms with E-state index < -0.39 is 0 Å². The van der Waals surface area contributed by atoms with Crippen LogP contribution in [0.1, 0.15) is 57.8 Å². The second kappa shape index (κ2) is 4.69. The Hall–Kier alpha value is -0.460. The minimum atomic E-state index is 0.554. The van der Waals surface area contributed by atoms with Gasteiger partial charge in [-0.2, -0.15) is 0 Å². The van der Waals surface area contributed by atoms with E-state index in [-0.39, 0.29) is 0 Å². The van der Waals surface area contributed by atoms with Crippen molar-refractivity contribution in [2.45, 2.75) is 63.9 Å². The number of ether oxygens (including phenoxy) is 1. The van der Waals surface area contributed by atoms with Crippen LogP contribution in [0.4, 0.5) is 0 Å². The first-order valence-corrected chi connectivity index (χ1v) is 5.81. The highest BCUT2D eigenvalue weighted by Gasteiger charge is 2.16. The van der Waals surface area contributed by atoms with Crippen LogP contribution >= 0.6 is 0 Å². The van der Waals surface area contributed by atoms with Crippen molar-refractivity contribution in [1.29, 1.82) is 0 Å². The first-order valence-electron chi connectivity index (χ1n) is 5.81. The molecule has 2 aliphatic rings. The minimum Gasteiger partial charge on any atom is -0.495 e. The fourth-order valence-corrected chi connectivity index (χ4v) is 2.31. The molecule has 0 aliphatic heterocycles. The van der Waals surface area contributed by atoms with Gasteiger partial charge in [-0.15, -0.1) is 0 Å².